The fourth-order valence-corrected chi connectivity index (χ4v) is 4.85. The maximum absolute atomic E-state index is 13.1. The fourth-order valence-electron chi connectivity index (χ4n) is 4.85. The molecule has 6 nitrogen and oxygen atoms in total. The van der Waals surface area contributed by atoms with Crippen LogP contribution in [0.5, 0.6) is 0 Å². The minimum Gasteiger partial charge on any atom is -0.349 e. The van der Waals surface area contributed by atoms with Crippen LogP contribution < -0.4 is 5.32 Å². The summed E-state index contributed by atoms with van der Waals surface area (Å²) < 4.78 is 5.57. The van der Waals surface area contributed by atoms with Crippen LogP contribution in [-0.2, 0) is 22.2 Å². The average molecular weight is 503 g/mol. The van der Waals surface area contributed by atoms with Crippen LogP contribution in [0.15, 0.2) is 53.1 Å². The van der Waals surface area contributed by atoms with Gasteiger partial charge < -0.3 is 9.84 Å². The van der Waals surface area contributed by atoms with Gasteiger partial charge in [-0.2, -0.15) is 4.98 Å². The monoisotopic (exact) mass is 502 g/mol. The van der Waals surface area contributed by atoms with Crippen molar-refractivity contribution >= 4 is 5.91 Å². The summed E-state index contributed by atoms with van der Waals surface area (Å²) in [6.07, 6.45) is 1.87. The summed E-state index contributed by atoms with van der Waals surface area (Å²) in [6, 6.07) is 16.9. The molecule has 2 atom stereocenters. The maximum atomic E-state index is 13.1. The van der Waals surface area contributed by atoms with Crippen LogP contribution in [-0.4, -0.2) is 34.0 Å². The molecule has 4 rings (SSSR count). The first-order valence-corrected chi connectivity index (χ1v) is 13.5. The number of nitrogens with zero attached hydrogens (tertiary/aromatic N) is 3. The highest BCUT2D eigenvalue weighted by Gasteiger charge is 2.28. The second kappa shape index (κ2) is 10.8. The zero-order valence-electron chi connectivity index (χ0n) is 23.5. The molecule has 1 aliphatic rings. The number of rotatable bonds is 6. The first-order chi connectivity index (χ1) is 17.4. The van der Waals surface area contributed by atoms with Gasteiger partial charge in [-0.3, -0.25) is 9.69 Å². The van der Waals surface area contributed by atoms with Crippen LogP contribution in [0.4, 0.5) is 0 Å². The highest BCUT2D eigenvalue weighted by molar-refractivity contribution is 5.79. The van der Waals surface area contributed by atoms with Crippen LogP contribution >= 0.6 is 0 Å². The third-order valence-electron chi connectivity index (χ3n) is 7.35. The Kier molecular flexibility index (Phi) is 7.88. The molecule has 1 N–H and O–H groups in total. The van der Waals surface area contributed by atoms with Crippen LogP contribution in [0.3, 0.4) is 0 Å². The summed E-state index contributed by atoms with van der Waals surface area (Å²) in [4.78, 5) is 20.0. The maximum Gasteiger partial charge on any atom is 0.241 e. The molecule has 1 aromatic heterocycles. The van der Waals surface area contributed by atoms with Gasteiger partial charge in [0.25, 0.3) is 0 Å². The molecule has 6 heteroatoms. The zero-order valence-corrected chi connectivity index (χ0v) is 23.5. The quantitative estimate of drug-likeness (QED) is 0.421. The first-order valence-electron chi connectivity index (χ1n) is 13.5. The van der Waals surface area contributed by atoms with Gasteiger partial charge in [-0.1, -0.05) is 95.2 Å². The van der Waals surface area contributed by atoms with E-state index in [9.17, 15) is 4.79 Å². The molecule has 3 aromatic rings. The molecule has 2 unspecified atom stereocenters. The van der Waals surface area contributed by atoms with E-state index in [1.165, 1.54) is 11.1 Å². The lowest BCUT2D eigenvalue weighted by molar-refractivity contribution is -0.127. The molecule has 0 saturated carbocycles. The van der Waals surface area contributed by atoms with E-state index >= 15 is 0 Å². The average Bonchev–Trinajstić information content (AvgIpc) is 3.31. The molecular weight excluding hydrogens is 460 g/mol. The largest absolute Gasteiger partial charge is 0.349 e. The van der Waals surface area contributed by atoms with E-state index in [0.717, 1.165) is 30.5 Å². The lowest BCUT2D eigenvalue weighted by atomic mass is 9.86. The van der Waals surface area contributed by atoms with Crippen LogP contribution in [0.1, 0.15) is 89.9 Å². The van der Waals surface area contributed by atoms with Gasteiger partial charge in [0.1, 0.15) is 0 Å². The van der Waals surface area contributed by atoms with E-state index in [1.54, 1.807) is 0 Å². The highest BCUT2D eigenvalue weighted by atomic mass is 16.5. The molecule has 1 fully saturated rings. The molecule has 0 spiro atoms. The van der Waals surface area contributed by atoms with Crippen molar-refractivity contribution in [3.8, 4) is 11.4 Å². The van der Waals surface area contributed by atoms with E-state index in [2.05, 4.69) is 105 Å². The molecule has 0 bridgehead atoms. The number of aromatic nitrogens is 2. The molecular formula is C31H42N4O2. The first kappa shape index (κ1) is 27.1. The van der Waals surface area contributed by atoms with Crippen molar-refractivity contribution in [2.24, 2.45) is 5.92 Å². The molecule has 1 saturated heterocycles. The lowest BCUT2D eigenvalue weighted by Crippen LogP contribution is -2.43. The van der Waals surface area contributed by atoms with Crippen molar-refractivity contribution in [3.05, 3.63) is 71.1 Å². The van der Waals surface area contributed by atoms with Crippen molar-refractivity contribution in [1.29, 1.82) is 0 Å². The van der Waals surface area contributed by atoms with Crippen LogP contribution in [0.2, 0.25) is 0 Å². The third kappa shape index (κ3) is 6.86. The van der Waals surface area contributed by atoms with Crippen molar-refractivity contribution in [3.63, 3.8) is 0 Å². The third-order valence-corrected chi connectivity index (χ3v) is 7.35. The minimum atomic E-state index is -0.0441. The summed E-state index contributed by atoms with van der Waals surface area (Å²) in [5.41, 5.74) is 4.86. The number of carbonyl (C=O) groups excluding carboxylic acids is 1. The number of nitrogens with one attached hydrogen (secondary N) is 1. The van der Waals surface area contributed by atoms with E-state index in [-0.39, 0.29) is 28.7 Å². The van der Waals surface area contributed by atoms with Gasteiger partial charge in [0.05, 0.1) is 18.5 Å². The normalized spacial score (nSPS) is 18.0. The molecule has 198 valence electrons. The van der Waals surface area contributed by atoms with Gasteiger partial charge in [-0.15, -0.1) is 0 Å². The number of carbonyl (C=O) groups is 1. The number of likely N-dealkylation sites (tertiary alicyclic amines) is 1. The summed E-state index contributed by atoms with van der Waals surface area (Å²) in [6.45, 7) is 17.5. The Labute approximate surface area is 221 Å². The molecule has 37 heavy (non-hydrogen) atoms. The topological polar surface area (TPSA) is 71.3 Å². The predicted molar refractivity (Wildman–Crippen MR) is 148 cm³/mol. The fraction of sp³-hybridized carbons (Fsp3) is 0.516. The molecule has 1 aliphatic heterocycles. The number of piperidine rings is 1. The Balaban J connectivity index is 1.33. The summed E-state index contributed by atoms with van der Waals surface area (Å²) in [5.74, 6) is 1.26. The summed E-state index contributed by atoms with van der Waals surface area (Å²) in [5, 5.41) is 7.43. The molecule has 0 radical (unpaired) electrons. The summed E-state index contributed by atoms with van der Waals surface area (Å²) in [7, 11) is 0. The molecule has 1 amide bonds. The Morgan fingerprint density at radius 1 is 1.00 bits per heavy atom. The van der Waals surface area contributed by atoms with E-state index in [0.29, 0.717) is 24.8 Å². The molecule has 2 aromatic carbocycles. The van der Waals surface area contributed by atoms with Crippen LogP contribution in [0.25, 0.3) is 11.4 Å². The van der Waals surface area contributed by atoms with Crippen LogP contribution in [0, 0.1) is 5.92 Å². The summed E-state index contributed by atoms with van der Waals surface area (Å²) >= 11 is 0. The van der Waals surface area contributed by atoms with E-state index in [1.807, 2.05) is 12.1 Å². The van der Waals surface area contributed by atoms with E-state index < -0.39 is 0 Å². The molecule has 0 aliphatic carbocycles. The Hall–Kier alpha value is -2.99. The van der Waals surface area contributed by atoms with Gasteiger partial charge in [-0.25, -0.2) is 0 Å². The van der Waals surface area contributed by atoms with Crippen molar-refractivity contribution in [2.75, 3.05) is 13.1 Å². The van der Waals surface area contributed by atoms with Gasteiger partial charge in [0.2, 0.25) is 17.6 Å². The smallest absolute Gasteiger partial charge is 0.241 e. The standard InChI is InChI=1S/C31H42N4O2/c1-21(22-10-14-25(15-11-22)30(2,3)4)32-29(36)24-9-8-18-35(19-24)20-27-33-28(34-37-27)23-12-16-26(17-13-23)31(5,6)7/h10-17,21,24H,8-9,18-20H2,1-7H3,(H,32,36). The molecule has 2 heterocycles. The zero-order chi connectivity index (χ0) is 26.8. The van der Waals surface area contributed by atoms with Gasteiger partial charge >= 0.3 is 0 Å². The number of benzene rings is 2. The van der Waals surface area contributed by atoms with Gasteiger partial charge in [0, 0.05) is 12.1 Å². The highest BCUT2D eigenvalue weighted by Crippen LogP contribution is 2.27. The van der Waals surface area contributed by atoms with Crippen molar-refractivity contribution < 1.29 is 9.32 Å². The van der Waals surface area contributed by atoms with Gasteiger partial charge in [0.15, 0.2) is 0 Å². The second-order valence-electron chi connectivity index (χ2n) is 12.5. The minimum absolute atomic E-state index is 0.0277. The van der Waals surface area contributed by atoms with Crippen molar-refractivity contribution in [1.82, 2.24) is 20.4 Å². The van der Waals surface area contributed by atoms with Gasteiger partial charge in [-0.05, 0) is 53.8 Å². The number of hydrogen-bond acceptors (Lipinski definition) is 5. The predicted octanol–water partition coefficient (Wildman–Crippen LogP) is 6.42. The van der Waals surface area contributed by atoms with E-state index in [4.69, 9.17) is 4.52 Å². The second-order valence-corrected chi connectivity index (χ2v) is 12.5. The number of hydrogen-bond donors (Lipinski definition) is 1. The Bertz CT molecular complexity index is 1180. The Morgan fingerprint density at radius 3 is 2.19 bits per heavy atom. The SMILES string of the molecule is CC(NC(=O)C1CCCN(Cc2nc(-c3ccc(C(C)(C)C)cc3)no2)C1)c1ccc(C(C)(C)C)cc1. The lowest BCUT2D eigenvalue weighted by Gasteiger charge is -2.31. The van der Waals surface area contributed by atoms with Crippen molar-refractivity contribution in [2.45, 2.75) is 84.7 Å². The Morgan fingerprint density at radius 2 is 1.59 bits per heavy atom. The number of amides is 1.